The van der Waals surface area contributed by atoms with E-state index >= 15 is 0 Å². The monoisotopic (exact) mass is 262 g/mol. The first-order chi connectivity index (χ1) is 9.76. The van der Waals surface area contributed by atoms with Crippen LogP contribution in [0.25, 0.3) is 11.0 Å². The molecule has 0 fully saturated rings. The number of benzene rings is 1. The quantitative estimate of drug-likeness (QED) is 0.756. The van der Waals surface area contributed by atoms with Gasteiger partial charge in [0.1, 0.15) is 5.65 Å². The second-order valence-electron chi connectivity index (χ2n) is 4.75. The number of aromatic nitrogens is 2. The van der Waals surface area contributed by atoms with Gasteiger partial charge >= 0.3 is 0 Å². The van der Waals surface area contributed by atoms with Crippen LogP contribution in [-0.4, -0.2) is 9.97 Å². The molecule has 0 aliphatic carbocycles. The Hall–Kier alpha value is -2.80. The summed E-state index contributed by atoms with van der Waals surface area (Å²) >= 11 is 0. The Morgan fingerprint density at radius 2 is 2.20 bits per heavy atom. The number of pyridine rings is 1. The van der Waals surface area contributed by atoms with Crippen LogP contribution in [0.4, 0.5) is 11.4 Å². The lowest BCUT2D eigenvalue weighted by atomic mass is 10.1. The molecule has 0 spiro atoms. The van der Waals surface area contributed by atoms with Gasteiger partial charge in [-0.1, -0.05) is 12.1 Å². The number of hydrogen-bond acceptors (Lipinski definition) is 3. The number of anilines is 2. The fourth-order valence-electron chi connectivity index (χ4n) is 2.22. The second-order valence-corrected chi connectivity index (χ2v) is 4.75. The normalized spacial score (nSPS) is 10.4. The van der Waals surface area contributed by atoms with Gasteiger partial charge in [0.25, 0.3) is 0 Å². The van der Waals surface area contributed by atoms with Gasteiger partial charge in [0.2, 0.25) is 0 Å². The predicted octanol–water partition coefficient (Wildman–Crippen LogP) is 3.68. The highest BCUT2D eigenvalue weighted by Crippen LogP contribution is 2.22. The molecule has 0 aliphatic rings. The Labute approximate surface area is 117 Å². The molecule has 0 unspecified atom stereocenters. The summed E-state index contributed by atoms with van der Waals surface area (Å²) in [7, 11) is 0. The number of nitrogens with one attached hydrogen (secondary N) is 2. The van der Waals surface area contributed by atoms with Gasteiger partial charge in [0.15, 0.2) is 0 Å². The van der Waals surface area contributed by atoms with E-state index < -0.39 is 0 Å². The van der Waals surface area contributed by atoms with Crippen LogP contribution in [0, 0.1) is 18.3 Å². The summed E-state index contributed by atoms with van der Waals surface area (Å²) < 4.78 is 0. The van der Waals surface area contributed by atoms with E-state index in [-0.39, 0.29) is 0 Å². The highest BCUT2D eigenvalue weighted by Gasteiger charge is 2.03. The summed E-state index contributed by atoms with van der Waals surface area (Å²) in [6.07, 6.45) is 4.17. The third kappa shape index (κ3) is 2.34. The molecule has 1 aromatic carbocycles. The van der Waals surface area contributed by atoms with Gasteiger partial charge < -0.3 is 10.3 Å². The maximum absolute atomic E-state index is 8.74. The lowest BCUT2D eigenvalue weighted by molar-refractivity contribution is 1.26. The van der Waals surface area contributed by atoms with Gasteiger partial charge in [-0.3, -0.25) is 0 Å². The SMILES string of the molecule is Cc1c[nH]c2ncc(Nc3cccc(CC#N)c3)cc12. The topological polar surface area (TPSA) is 64.5 Å². The summed E-state index contributed by atoms with van der Waals surface area (Å²) in [5.41, 5.74) is 4.98. The van der Waals surface area contributed by atoms with Crippen molar-refractivity contribution in [3.63, 3.8) is 0 Å². The maximum Gasteiger partial charge on any atom is 0.137 e. The molecule has 2 N–H and O–H groups in total. The Morgan fingerprint density at radius 1 is 1.30 bits per heavy atom. The maximum atomic E-state index is 8.74. The van der Waals surface area contributed by atoms with E-state index in [1.165, 1.54) is 5.56 Å². The van der Waals surface area contributed by atoms with Crippen LogP contribution in [0.3, 0.4) is 0 Å². The molecule has 4 heteroatoms. The molecule has 98 valence electrons. The van der Waals surface area contributed by atoms with Crippen LogP contribution in [0.2, 0.25) is 0 Å². The van der Waals surface area contributed by atoms with Crippen LogP contribution < -0.4 is 5.32 Å². The minimum absolute atomic E-state index is 0.420. The van der Waals surface area contributed by atoms with Crippen LogP contribution in [0.5, 0.6) is 0 Å². The zero-order valence-electron chi connectivity index (χ0n) is 11.1. The summed E-state index contributed by atoms with van der Waals surface area (Å²) in [6.45, 7) is 2.05. The molecular weight excluding hydrogens is 248 g/mol. The summed E-state index contributed by atoms with van der Waals surface area (Å²) in [5, 5.41) is 13.2. The molecule has 2 heterocycles. The smallest absolute Gasteiger partial charge is 0.137 e. The van der Waals surface area contributed by atoms with Gasteiger partial charge in [-0.25, -0.2) is 4.98 Å². The van der Waals surface area contributed by atoms with Crippen LogP contribution >= 0.6 is 0 Å². The van der Waals surface area contributed by atoms with E-state index in [2.05, 4.69) is 34.3 Å². The molecule has 0 saturated carbocycles. The van der Waals surface area contributed by atoms with Gasteiger partial charge in [0.05, 0.1) is 24.4 Å². The largest absolute Gasteiger partial charge is 0.354 e. The molecule has 0 atom stereocenters. The first kappa shape index (κ1) is 12.2. The molecule has 0 aliphatic heterocycles. The third-order valence-corrected chi connectivity index (χ3v) is 3.24. The van der Waals surface area contributed by atoms with Crippen molar-refractivity contribution in [1.29, 1.82) is 5.26 Å². The lowest BCUT2D eigenvalue weighted by Crippen LogP contribution is -1.92. The van der Waals surface area contributed by atoms with Crippen LogP contribution in [0.1, 0.15) is 11.1 Å². The Morgan fingerprint density at radius 3 is 3.05 bits per heavy atom. The van der Waals surface area contributed by atoms with Crippen molar-refractivity contribution in [2.24, 2.45) is 0 Å². The molecule has 2 aromatic heterocycles. The molecular formula is C16H14N4. The average Bonchev–Trinajstić information content (AvgIpc) is 2.81. The second kappa shape index (κ2) is 5.06. The molecule has 4 nitrogen and oxygen atoms in total. The molecule has 3 aromatic rings. The molecule has 0 saturated heterocycles. The van der Waals surface area contributed by atoms with E-state index in [1.54, 1.807) is 6.20 Å². The number of aryl methyl sites for hydroxylation is 1. The average molecular weight is 262 g/mol. The summed E-state index contributed by atoms with van der Waals surface area (Å²) in [6, 6.07) is 12.1. The van der Waals surface area contributed by atoms with Gasteiger partial charge in [-0.15, -0.1) is 0 Å². The fourth-order valence-corrected chi connectivity index (χ4v) is 2.22. The van der Waals surface area contributed by atoms with E-state index in [1.807, 2.05) is 30.5 Å². The first-order valence-corrected chi connectivity index (χ1v) is 6.43. The number of hydrogen-bond donors (Lipinski definition) is 2. The Balaban J connectivity index is 1.90. The molecule has 20 heavy (non-hydrogen) atoms. The molecule has 0 amide bonds. The van der Waals surface area contributed by atoms with Crippen molar-refractivity contribution in [3.8, 4) is 6.07 Å². The Bertz CT molecular complexity index is 796. The number of fused-ring (bicyclic) bond motifs is 1. The van der Waals surface area contributed by atoms with Crippen molar-refractivity contribution >= 4 is 22.4 Å². The predicted molar refractivity (Wildman–Crippen MR) is 79.9 cm³/mol. The van der Waals surface area contributed by atoms with E-state index in [4.69, 9.17) is 5.26 Å². The van der Waals surface area contributed by atoms with E-state index in [0.717, 1.165) is 28.0 Å². The zero-order valence-corrected chi connectivity index (χ0v) is 11.1. The van der Waals surface area contributed by atoms with E-state index in [9.17, 15) is 0 Å². The summed E-state index contributed by atoms with van der Waals surface area (Å²) in [4.78, 5) is 7.52. The third-order valence-electron chi connectivity index (χ3n) is 3.24. The number of nitriles is 1. The van der Waals surface area contributed by atoms with Crippen LogP contribution in [-0.2, 0) is 6.42 Å². The molecule has 0 bridgehead atoms. The van der Waals surface area contributed by atoms with E-state index in [0.29, 0.717) is 6.42 Å². The van der Waals surface area contributed by atoms with Gasteiger partial charge in [0, 0.05) is 17.3 Å². The number of H-pyrrole nitrogens is 1. The van der Waals surface area contributed by atoms with Gasteiger partial charge in [-0.2, -0.15) is 5.26 Å². The lowest BCUT2D eigenvalue weighted by Gasteiger charge is -2.07. The minimum atomic E-state index is 0.420. The van der Waals surface area contributed by atoms with Crippen molar-refractivity contribution in [2.45, 2.75) is 13.3 Å². The Kier molecular flexibility index (Phi) is 3.10. The highest BCUT2D eigenvalue weighted by molar-refractivity contribution is 5.83. The van der Waals surface area contributed by atoms with Crippen molar-refractivity contribution < 1.29 is 0 Å². The first-order valence-electron chi connectivity index (χ1n) is 6.43. The summed E-state index contributed by atoms with van der Waals surface area (Å²) in [5.74, 6) is 0. The number of aromatic amines is 1. The zero-order chi connectivity index (χ0) is 13.9. The number of nitrogens with zero attached hydrogens (tertiary/aromatic N) is 2. The van der Waals surface area contributed by atoms with Crippen molar-refractivity contribution in [2.75, 3.05) is 5.32 Å². The van der Waals surface area contributed by atoms with Crippen molar-refractivity contribution in [3.05, 3.63) is 53.9 Å². The van der Waals surface area contributed by atoms with Crippen molar-refractivity contribution in [1.82, 2.24) is 9.97 Å². The fraction of sp³-hybridized carbons (Fsp3) is 0.125. The standard InChI is InChI=1S/C16H14N4/c1-11-9-18-16-15(11)8-14(10-19-16)20-13-4-2-3-12(7-13)5-6-17/h2-4,7-10,20H,5H2,1H3,(H,18,19). The molecule has 0 radical (unpaired) electrons. The molecule has 3 rings (SSSR count). The highest BCUT2D eigenvalue weighted by atomic mass is 14.9. The van der Waals surface area contributed by atoms with Gasteiger partial charge in [-0.05, 0) is 36.2 Å². The minimum Gasteiger partial charge on any atom is -0.354 e. The van der Waals surface area contributed by atoms with Crippen LogP contribution in [0.15, 0.2) is 42.7 Å². The number of rotatable bonds is 3.